The predicted octanol–water partition coefficient (Wildman–Crippen LogP) is 1.30. The SMILES string of the molecule is CCCS(=O)(=O)N1CCCC1C(=O)NCc1cccnc1OCC. The average Bonchev–Trinajstić information content (AvgIpc) is 3.05. The number of aromatic nitrogens is 1. The fraction of sp³-hybridized carbons (Fsp3) is 0.625. The van der Waals surface area contributed by atoms with E-state index < -0.39 is 16.1 Å². The summed E-state index contributed by atoms with van der Waals surface area (Å²) in [5.41, 5.74) is 0.772. The molecule has 1 unspecified atom stereocenters. The fourth-order valence-electron chi connectivity index (χ4n) is 2.84. The van der Waals surface area contributed by atoms with E-state index in [2.05, 4.69) is 10.3 Å². The van der Waals surface area contributed by atoms with Crippen molar-refractivity contribution in [1.82, 2.24) is 14.6 Å². The Morgan fingerprint density at radius 2 is 2.25 bits per heavy atom. The van der Waals surface area contributed by atoms with E-state index in [-0.39, 0.29) is 18.2 Å². The van der Waals surface area contributed by atoms with Gasteiger partial charge in [-0.3, -0.25) is 4.79 Å². The summed E-state index contributed by atoms with van der Waals surface area (Å²) in [7, 11) is -3.37. The minimum atomic E-state index is -3.37. The zero-order valence-electron chi connectivity index (χ0n) is 14.2. The molecule has 1 aliphatic heterocycles. The topological polar surface area (TPSA) is 88.6 Å². The normalized spacial score (nSPS) is 18.5. The molecule has 1 aromatic rings. The lowest BCUT2D eigenvalue weighted by Gasteiger charge is -2.23. The standard InChI is InChI=1S/C16H25N3O4S/c1-3-11-24(21,22)19-10-6-8-14(19)15(20)18-12-13-7-5-9-17-16(13)23-4-2/h5,7,9,14H,3-4,6,8,10-12H2,1-2H3,(H,18,20). The van der Waals surface area contributed by atoms with Crippen LogP contribution < -0.4 is 10.1 Å². The Bertz CT molecular complexity index is 663. The third-order valence-electron chi connectivity index (χ3n) is 3.91. The van der Waals surface area contributed by atoms with E-state index in [4.69, 9.17) is 4.74 Å². The van der Waals surface area contributed by atoms with Crippen molar-refractivity contribution in [2.45, 2.75) is 45.7 Å². The molecule has 0 spiro atoms. The second kappa shape index (κ2) is 8.43. The highest BCUT2D eigenvalue weighted by Gasteiger charge is 2.37. The van der Waals surface area contributed by atoms with Crippen LogP contribution in [0.3, 0.4) is 0 Å². The van der Waals surface area contributed by atoms with Gasteiger partial charge in [0.1, 0.15) is 6.04 Å². The molecule has 1 amide bonds. The molecule has 0 aliphatic carbocycles. The lowest BCUT2D eigenvalue weighted by atomic mass is 10.2. The van der Waals surface area contributed by atoms with Crippen LogP contribution in [0.5, 0.6) is 5.88 Å². The van der Waals surface area contributed by atoms with Gasteiger partial charge >= 0.3 is 0 Å². The molecule has 1 aromatic heterocycles. The maximum absolute atomic E-state index is 12.5. The molecular formula is C16H25N3O4S. The maximum Gasteiger partial charge on any atom is 0.238 e. The van der Waals surface area contributed by atoms with Gasteiger partial charge in [-0.15, -0.1) is 0 Å². The second-order valence-corrected chi connectivity index (χ2v) is 7.74. The van der Waals surface area contributed by atoms with Crippen molar-refractivity contribution in [1.29, 1.82) is 0 Å². The van der Waals surface area contributed by atoms with E-state index in [1.165, 1.54) is 4.31 Å². The largest absolute Gasteiger partial charge is 0.478 e. The highest BCUT2D eigenvalue weighted by molar-refractivity contribution is 7.89. The summed E-state index contributed by atoms with van der Waals surface area (Å²) in [6.07, 6.45) is 3.44. The van der Waals surface area contributed by atoms with Gasteiger partial charge in [-0.05, 0) is 32.3 Å². The Hall–Kier alpha value is -1.67. The summed E-state index contributed by atoms with van der Waals surface area (Å²) < 4.78 is 31.3. The number of ether oxygens (including phenoxy) is 1. The molecule has 2 rings (SSSR count). The summed E-state index contributed by atoms with van der Waals surface area (Å²) >= 11 is 0. The number of hydrogen-bond acceptors (Lipinski definition) is 5. The molecule has 0 aromatic carbocycles. The molecule has 8 heteroatoms. The van der Waals surface area contributed by atoms with Crippen LogP contribution in [-0.4, -0.2) is 48.6 Å². The number of carbonyl (C=O) groups excluding carboxylic acids is 1. The van der Waals surface area contributed by atoms with Gasteiger partial charge in [0.05, 0.1) is 12.4 Å². The summed E-state index contributed by atoms with van der Waals surface area (Å²) in [5.74, 6) is 0.300. The Balaban J connectivity index is 2.02. The minimum absolute atomic E-state index is 0.0773. The second-order valence-electron chi connectivity index (χ2n) is 5.70. The minimum Gasteiger partial charge on any atom is -0.478 e. The summed E-state index contributed by atoms with van der Waals surface area (Å²) in [5, 5.41) is 2.82. The molecule has 1 saturated heterocycles. The van der Waals surface area contributed by atoms with E-state index >= 15 is 0 Å². The van der Waals surface area contributed by atoms with Crippen LogP contribution in [0.1, 0.15) is 38.7 Å². The monoisotopic (exact) mass is 355 g/mol. The first kappa shape index (κ1) is 18.7. The van der Waals surface area contributed by atoms with E-state index in [0.717, 1.165) is 5.56 Å². The van der Waals surface area contributed by atoms with E-state index in [1.54, 1.807) is 12.3 Å². The number of sulfonamides is 1. The number of carbonyl (C=O) groups is 1. The lowest BCUT2D eigenvalue weighted by Crippen LogP contribution is -2.46. The number of amides is 1. The van der Waals surface area contributed by atoms with E-state index in [0.29, 0.717) is 38.3 Å². The van der Waals surface area contributed by atoms with Gasteiger partial charge in [0.15, 0.2) is 0 Å². The first-order valence-corrected chi connectivity index (χ1v) is 9.94. The predicted molar refractivity (Wildman–Crippen MR) is 91.1 cm³/mol. The Morgan fingerprint density at radius 3 is 2.96 bits per heavy atom. The van der Waals surface area contributed by atoms with Gasteiger partial charge in [0, 0.05) is 24.8 Å². The molecule has 0 radical (unpaired) electrons. The lowest BCUT2D eigenvalue weighted by molar-refractivity contribution is -0.124. The number of pyridine rings is 1. The molecule has 24 heavy (non-hydrogen) atoms. The van der Waals surface area contributed by atoms with Crippen molar-refractivity contribution in [3.05, 3.63) is 23.9 Å². The van der Waals surface area contributed by atoms with Crippen molar-refractivity contribution in [3.63, 3.8) is 0 Å². The van der Waals surface area contributed by atoms with Gasteiger partial charge < -0.3 is 10.1 Å². The van der Waals surface area contributed by atoms with Crippen LogP contribution in [0.15, 0.2) is 18.3 Å². The van der Waals surface area contributed by atoms with Crippen LogP contribution in [-0.2, 0) is 21.4 Å². The van der Waals surface area contributed by atoms with Crippen molar-refractivity contribution in [3.8, 4) is 5.88 Å². The highest BCUT2D eigenvalue weighted by atomic mass is 32.2. The smallest absolute Gasteiger partial charge is 0.238 e. The van der Waals surface area contributed by atoms with E-state index in [1.807, 2.05) is 19.9 Å². The van der Waals surface area contributed by atoms with Crippen LogP contribution in [0, 0.1) is 0 Å². The van der Waals surface area contributed by atoms with Crippen molar-refractivity contribution >= 4 is 15.9 Å². The van der Waals surface area contributed by atoms with Crippen molar-refractivity contribution in [2.24, 2.45) is 0 Å². The Kier molecular flexibility index (Phi) is 6.56. The van der Waals surface area contributed by atoms with E-state index in [9.17, 15) is 13.2 Å². The zero-order valence-corrected chi connectivity index (χ0v) is 15.0. The van der Waals surface area contributed by atoms with Crippen LogP contribution in [0.25, 0.3) is 0 Å². The fourth-order valence-corrected chi connectivity index (χ4v) is 4.58. The number of nitrogens with zero attached hydrogens (tertiary/aromatic N) is 2. The number of rotatable bonds is 8. The molecule has 7 nitrogen and oxygen atoms in total. The molecule has 1 fully saturated rings. The molecule has 134 valence electrons. The van der Waals surface area contributed by atoms with Crippen LogP contribution in [0.4, 0.5) is 0 Å². The van der Waals surface area contributed by atoms with Crippen molar-refractivity contribution < 1.29 is 17.9 Å². The van der Waals surface area contributed by atoms with Gasteiger partial charge in [-0.2, -0.15) is 4.31 Å². The van der Waals surface area contributed by atoms with Gasteiger partial charge in [0.25, 0.3) is 0 Å². The first-order valence-electron chi connectivity index (χ1n) is 8.33. The molecule has 2 heterocycles. The third kappa shape index (κ3) is 4.45. The first-order chi connectivity index (χ1) is 11.5. The number of hydrogen-bond donors (Lipinski definition) is 1. The van der Waals surface area contributed by atoms with Crippen LogP contribution >= 0.6 is 0 Å². The summed E-state index contributed by atoms with van der Waals surface area (Å²) in [6, 6.07) is 2.99. The van der Waals surface area contributed by atoms with Crippen molar-refractivity contribution in [2.75, 3.05) is 18.9 Å². The molecule has 0 bridgehead atoms. The molecule has 1 atom stereocenters. The molecule has 1 aliphatic rings. The highest BCUT2D eigenvalue weighted by Crippen LogP contribution is 2.22. The van der Waals surface area contributed by atoms with Gasteiger partial charge in [-0.1, -0.05) is 13.0 Å². The zero-order chi connectivity index (χ0) is 17.6. The molecular weight excluding hydrogens is 330 g/mol. The summed E-state index contributed by atoms with van der Waals surface area (Å²) in [6.45, 7) is 4.85. The Morgan fingerprint density at radius 1 is 1.46 bits per heavy atom. The van der Waals surface area contributed by atoms with Gasteiger partial charge in [0.2, 0.25) is 21.8 Å². The number of nitrogens with one attached hydrogen (secondary N) is 1. The molecule has 0 saturated carbocycles. The third-order valence-corrected chi connectivity index (χ3v) is 5.99. The average molecular weight is 355 g/mol. The summed E-state index contributed by atoms with van der Waals surface area (Å²) in [4.78, 5) is 16.6. The molecule has 1 N–H and O–H groups in total. The quantitative estimate of drug-likeness (QED) is 0.759. The van der Waals surface area contributed by atoms with Gasteiger partial charge in [-0.25, -0.2) is 13.4 Å². The Labute approximate surface area is 143 Å². The van der Waals surface area contributed by atoms with Crippen LogP contribution in [0.2, 0.25) is 0 Å². The maximum atomic E-state index is 12.5.